The van der Waals surface area contributed by atoms with Gasteiger partial charge in [0.15, 0.2) is 0 Å². The van der Waals surface area contributed by atoms with Crippen LogP contribution in [0.2, 0.25) is 0 Å². The van der Waals surface area contributed by atoms with Crippen molar-refractivity contribution >= 4 is 5.91 Å². The molecule has 0 saturated heterocycles. The average Bonchev–Trinajstić information content (AvgIpc) is 2.44. The minimum absolute atomic E-state index is 0.125. The Labute approximate surface area is 120 Å². The lowest BCUT2D eigenvalue weighted by atomic mass is 10.0. The Hall–Kier alpha value is -1.83. The highest BCUT2D eigenvalue weighted by Gasteiger charge is 2.09. The van der Waals surface area contributed by atoms with E-state index in [1.807, 2.05) is 19.9 Å². The summed E-state index contributed by atoms with van der Waals surface area (Å²) < 4.78 is 5.03. The van der Waals surface area contributed by atoms with Crippen molar-refractivity contribution in [1.82, 2.24) is 5.32 Å². The van der Waals surface area contributed by atoms with Crippen LogP contribution in [0.4, 0.5) is 0 Å². The molecule has 0 fully saturated rings. The number of ether oxygens (including phenoxy) is 1. The number of aryl methyl sites for hydroxylation is 1. The summed E-state index contributed by atoms with van der Waals surface area (Å²) in [5, 5.41) is 11.6. The number of hydrogen-bond donors (Lipinski definition) is 2. The summed E-state index contributed by atoms with van der Waals surface area (Å²) in [6, 6.07) is 5.37. The monoisotopic (exact) mass is 275 g/mol. The van der Waals surface area contributed by atoms with E-state index in [0.717, 1.165) is 11.1 Å². The molecule has 0 saturated carbocycles. The Bertz CT molecular complexity index is 514. The van der Waals surface area contributed by atoms with Crippen LogP contribution in [-0.4, -0.2) is 37.9 Å². The standard InChI is InChI=1S/C16H21NO3/c1-12(11-20-3)10-17-16(19)15-7-6-13(2)14(9-15)5-4-8-18/h6-7,9,12,18H,8,10-11H2,1-3H3,(H,17,19). The van der Waals surface area contributed by atoms with E-state index in [4.69, 9.17) is 9.84 Å². The normalized spacial score (nSPS) is 11.4. The Balaban J connectivity index is 2.73. The van der Waals surface area contributed by atoms with Gasteiger partial charge in [0.25, 0.3) is 5.91 Å². The van der Waals surface area contributed by atoms with Crippen molar-refractivity contribution in [3.05, 3.63) is 34.9 Å². The van der Waals surface area contributed by atoms with Gasteiger partial charge in [0.2, 0.25) is 0 Å². The lowest BCUT2D eigenvalue weighted by molar-refractivity contribution is 0.0934. The maximum absolute atomic E-state index is 12.0. The largest absolute Gasteiger partial charge is 0.384 e. The van der Waals surface area contributed by atoms with Crippen LogP contribution in [0, 0.1) is 24.7 Å². The molecule has 1 aromatic carbocycles. The summed E-state index contributed by atoms with van der Waals surface area (Å²) in [6.45, 7) is 4.92. The summed E-state index contributed by atoms with van der Waals surface area (Å²) >= 11 is 0. The van der Waals surface area contributed by atoms with Gasteiger partial charge in [-0.15, -0.1) is 0 Å². The van der Waals surface area contributed by atoms with Crippen molar-refractivity contribution in [2.24, 2.45) is 5.92 Å². The van der Waals surface area contributed by atoms with Gasteiger partial charge in [0.05, 0.1) is 6.61 Å². The quantitative estimate of drug-likeness (QED) is 0.798. The first-order valence-corrected chi connectivity index (χ1v) is 6.56. The molecule has 0 heterocycles. The van der Waals surface area contributed by atoms with Crippen molar-refractivity contribution < 1.29 is 14.6 Å². The molecule has 0 spiro atoms. The fourth-order valence-electron chi connectivity index (χ4n) is 1.75. The van der Waals surface area contributed by atoms with Crippen molar-refractivity contribution in [3.8, 4) is 11.8 Å². The second kappa shape index (κ2) is 8.36. The molecule has 0 aliphatic rings. The van der Waals surface area contributed by atoms with Crippen LogP contribution < -0.4 is 5.32 Å². The average molecular weight is 275 g/mol. The van der Waals surface area contributed by atoms with Crippen molar-refractivity contribution in [3.63, 3.8) is 0 Å². The zero-order valence-electron chi connectivity index (χ0n) is 12.2. The number of amides is 1. The fourth-order valence-corrected chi connectivity index (χ4v) is 1.75. The number of hydrogen-bond acceptors (Lipinski definition) is 3. The number of nitrogens with one attached hydrogen (secondary N) is 1. The molecule has 108 valence electrons. The summed E-state index contributed by atoms with van der Waals surface area (Å²) in [6.07, 6.45) is 0. The fraction of sp³-hybridized carbons (Fsp3) is 0.438. The maximum atomic E-state index is 12.0. The summed E-state index contributed by atoms with van der Waals surface area (Å²) in [5.41, 5.74) is 2.31. The third-order valence-corrected chi connectivity index (χ3v) is 2.86. The highest BCUT2D eigenvalue weighted by Crippen LogP contribution is 2.10. The number of carbonyl (C=O) groups excluding carboxylic acids is 1. The number of rotatable bonds is 5. The molecule has 0 aliphatic heterocycles. The van der Waals surface area contributed by atoms with Gasteiger partial charge < -0.3 is 15.2 Å². The molecule has 1 atom stereocenters. The smallest absolute Gasteiger partial charge is 0.251 e. The summed E-state index contributed by atoms with van der Waals surface area (Å²) in [4.78, 5) is 12.0. The van der Waals surface area contributed by atoms with Crippen LogP contribution in [0.3, 0.4) is 0 Å². The van der Waals surface area contributed by atoms with Gasteiger partial charge in [-0.3, -0.25) is 4.79 Å². The van der Waals surface area contributed by atoms with Crippen LogP contribution in [0.25, 0.3) is 0 Å². The van der Waals surface area contributed by atoms with Crippen molar-refractivity contribution in [1.29, 1.82) is 0 Å². The highest BCUT2D eigenvalue weighted by atomic mass is 16.5. The Kier molecular flexibility index (Phi) is 6.78. The van der Waals surface area contributed by atoms with E-state index in [0.29, 0.717) is 18.7 Å². The van der Waals surface area contributed by atoms with Crippen LogP contribution in [0.15, 0.2) is 18.2 Å². The number of aliphatic hydroxyl groups is 1. The van der Waals surface area contributed by atoms with E-state index in [1.165, 1.54) is 0 Å². The number of aliphatic hydroxyl groups excluding tert-OH is 1. The Morgan fingerprint density at radius 2 is 2.25 bits per heavy atom. The summed E-state index contributed by atoms with van der Waals surface area (Å²) in [5.74, 6) is 5.58. The third-order valence-electron chi connectivity index (χ3n) is 2.86. The zero-order valence-corrected chi connectivity index (χ0v) is 12.2. The molecule has 1 amide bonds. The maximum Gasteiger partial charge on any atom is 0.251 e. The first-order valence-electron chi connectivity index (χ1n) is 6.56. The van der Waals surface area contributed by atoms with Gasteiger partial charge in [-0.1, -0.05) is 24.8 Å². The Morgan fingerprint density at radius 1 is 1.50 bits per heavy atom. The van der Waals surface area contributed by atoms with E-state index in [-0.39, 0.29) is 18.4 Å². The number of carbonyl (C=O) groups is 1. The lowest BCUT2D eigenvalue weighted by Crippen LogP contribution is -2.29. The molecule has 0 aromatic heterocycles. The predicted octanol–water partition coefficient (Wildman–Crippen LogP) is 1.35. The molecule has 2 N–H and O–H groups in total. The van der Waals surface area contributed by atoms with Gasteiger partial charge in [-0.05, 0) is 30.5 Å². The first kappa shape index (κ1) is 16.2. The van der Waals surface area contributed by atoms with Crippen LogP contribution in [0.5, 0.6) is 0 Å². The van der Waals surface area contributed by atoms with Gasteiger partial charge in [0, 0.05) is 24.8 Å². The molecule has 0 aliphatic carbocycles. The molecular formula is C16H21NO3. The minimum Gasteiger partial charge on any atom is -0.384 e. The van der Waals surface area contributed by atoms with E-state index in [9.17, 15) is 4.79 Å². The molecule has 20 heavy (non-hydrogen) atoms. The minimum atomic E-state index is -0.190. The molecule has 4 heteroatoms. The van der Waals surface area contributed by atoms with Gasteiger partial charge in [-0.25, -0.2) is 0 Å². The van der Waals surface area contributed by atoms with Crippen molar-refractivity contribution in [2.45, 2.75) is 13.8 Å². The first-order chi connectivity index (χ1) is 9.58. The third kappa shape index (κ3) is 5.04. The van der Waals surface area contributed by atoms with E-state index >= 15 is 0 Å². The zero-order chi connectivity index (χ0) is 15.0. The molecule has 0 bridgehead atoms. The number of benzene rings is 1. The van der Waals surface area contributed by atoms with Crippen LogP contribution in [-0.2, 0) is 4.74 Å². The molecule has 1 aromatic rings. The second-order valence-electron chi connectivity index (χ2n) is 4.76. The highest BCUT2D eigenvalue weighted by molar-refractivity contribution is 5.94. The second-order valence-corrected chi connectivity index (χ2v) is 4.76. The predicted molar refractivity (Wildman–Crippen MR) is 78.5 cm³/mol. The molecule has 1 unspecified atom stereocenters. The Morgan fingerprint density at radius 3 is 2.90 bits per heavy atom. The van der Waals surface area contributed by atoms with Crippen LogP contribution in [0.1, 0.15) is 28.4 Å². The molecule has 1 rings (SSSR count). The lowest BCUT2D eigenvalue weighted by Gasteiger charge is -2.12. The SMILES string of the molecule is COCC(C)CNC(=O)c1ccc(C)c(C#CCO)c1. The topological polar surface area (TPSA) is 58.6 Å². The van der Waals surface area contributed by atoms with Crippen LogP contribution >= 0.6 is 0 Å². The molecular weight excluding hydrogens is 254 g/mol. The van der Waals surface area contributed by atoms with E-state index < -0.39 is 0 Å². The van der Waals surface area contributed by atoms with Crippen molar-refractivity contribution in [2.75, 3.05) is 26.9 Å². The van der Waals surface area contributed by atoms with Gasteiger partial charge >= 0.3 is 0 Å². The summed E-state index contributed by atoms with van der Waals surface area (Å²) in [7, 11) is 1.64. The number of methoxy groups -OCH3 is 1. The van der Waals surface area contributed by atoms with Gasteiger partial charge in [0.1, 0.15) is 6.61 Å². The van der Waals surface area contributed by atoms with E-state index in [2.05, 4.69) is 17.2 Å². The molecule has 4 nitrogen and oxygen atoms in total. The van der Waals surface area contributed by atoms with Gasteiger partial charge in [-0.2, -0.15) is 0 Å². The molecule has 0 radical (unpaired) electrons. The van der Waals surface area contributed by atoms with E-state index in [1.54, 1.807) is 19.2 Å².